The summed E-state index contributed by atoms with van der Waals surface area (Å²) in [7, 11) is 1.43. The molecule has 0 aromatic carbocycles. The average Bonchev–Trinajstić information content (AvgIpc) is 3.41. The number of quaternary nitrogens is 1. The number of carbonyl (C=O) groups is 2. The molecule has 1 N–H and O–H groups in total. The van der Waals surface area contributed by atoms with E-state index in [0.717, 1.165) is 122 Å². The molecule has 0 aliphatic rings. The van der Waals surface area contributed by atoms with Gasteiger partial charge in [-0.2, -0.15) is 0 Å². The zero-order valence-electron chi connectivity index (χ0n) is 49.8. The van der Waals surface area contributed by atoms with E-state index in [9.17, 15) is 19.0 Å². The van der Waals surface area contributed by atoms with Crippen molar-refractivity contribution in [1.82, 2.24) is 0 Å². The van der Waals surface area contributed by atoms with Gasteiger partial charge in [-0.3, -0.25) is 18.6 Å². The lowest BCUT2D eigenvalue weighted by Gasteiger charge is -2.24. The molecule has 0 aromatic heterocycles. The summed E-state index contributed by atoms with van der Waals surface area (Å²) in [5, 5.41) is 0. The Labute approximate surface area is 477 Å². The van der Waals surface area contributed by atoms with Gasteiger partial charge in [0.2, 0.25) is 0 Å². The molecule has 0 bridgehead atoms. The molecule has 9 nitrogen and oxygen atoms in total. The molecule has 0 saturated heterocycles. The van der Waals surface area contributed by atoms with Crippen molar-refractivity contribution in [2.24, 2.45) is 0 Å². The maximum Gasteiger partial charge on any atom is 0.472 e. The number of phosphoric ester groups is 1. The largest absolute Gasteiger partial charge is 0.472 e. The van der Waals surface area contributed by atoms with E-state index in [-0.39, 0.29) is 26.1 Å². The van der Waals surface area contributed by atoms with Gasteiger partial charge in [0.15, 0.2) is 6.10 Å². The Kier molecular flexibility index (Phi) is 54.1. The predicted molar refractivity (Wildman–Crippen MR) is 334 cm³/mol. The van der Waals surface area contributed by atoms with Crippen LogP contribution in [-0.4, -0.2) is 74.9 Å². The molecule has 10 heteroatoms. The number of hydrogen-bond donors (Lipinski definition) is 1. The van der Waals surface area contributed by atoms with E-state index >= 15 is 0 Å². The van der Waals surface area contributed by atoms with Gasteiger partial charge in [-0.15, -0.1) is 0 Å². The van der Waals surface area contributed by atoms with Crippen LogP contribution in [0.2, 0.25) is 0 Å². The van der Waals surface area contributed by atoms with E-state index in [2.05, 4.69) is 172 Å². The lowest BCUT2D eigenvalue weighted by atomic mass is 10.0. The number of hydrogen-bond acceptors (Lipinski definition) is 7. The minimum atomic E-state index is -4.41. The Balaban J connectivity index is 4.13. The SMILES string of the molecule is CC/C=C\C/C=C\C/C=C\C/C=C\C/C=C\C/C=C\C/C=C\C/C=C\C/C=C\CCCCCCCCCCCCCC(=O)OC(COC(=O)CCCC/C=C\C/C=C\C/C=C\C/C=C\CC)COP(=O)(O)OCC[N+](C)(C)C. The van der Waals surface area contributed by atoms with Crippen LogP contribution in [0.1, 0.15) is 206 Å². The number of allylic oxidation sites excluding steroid dienone is 26. The molecule has 0 radical (unpaired) electrons. The number of likely N-dealkylation sites (N-methyl/N-ethyl adjacent to an activating group) is 1. The molecule has 0 aromatic rings. The topological polar surface area (TPSA) is 108 Å². The fourth-order valence-electron chi connectivity index (χ4n) is 7.47. The summed E-state index contributed by atoms with van der Waals surface area (Å²) in [5.41, 5.74) is 0. The van der Waals surface area contributed by atoms with Crippen molar-refractivity contribution in [3.63, 3.8) is 0 Å². The fourth-order valence-corrected chi connectivity index (χ4v) is 8.21. The van der Waals surface area contributed by atoms with Crippen molar-refractivity contribution < 1.29 is 42.1 Å². The fraction of sp³-hybridized carbons (Fsp3) is 0.588. The van der Waals surface area contributed by atoms with Gasteiger partial charge in [0.25, 0.3) is 0 Å². The van der Waals surface area contributed by atoms with Crippen molar-refractivity contribution in [3.8, 4) is 0 Å². The van der Waals surface area contributed by atoms with E-state index in [1.165, 1.54) is 44.9 Å². The average molecular weight is 1100 g/mol. The first-order chi connectivity index (χ1) is 38.0. The highest BCUT2D eigenvalue weighted by atomic mass is 31.2. The summed E-state index contributed by atoms with van der Waals surface area (Å²) >= 11 is 0. The zero-order valence-corrected chi connectivity index (χ0v) is 50.7. The summed E-state index contributed by atoms with van der Waals surface area (Å²) in [4.78, 5) is 35.6. The monoisotopic (exact) mass is 1100 g/mol. The van der Waals surface area contributed by atoms with E-state index in [1.807, 2.05) is 21.1 Å². The van der Waals surface area contributed by atoms with Crippen molar-refractivity contribution in [3.05, 3.63) is 158 Å². The molecule has 0 heterocycles. The van der Waals surface area contributed by atoms with Gasteiger partial charge in [-0.25, -0.2) is 4.57 Å². The van der Waals surface area contributed by atoms with Gasteiger partial charge in [0, 0.05) is 12.8 Å². The third kappa shape index (κ3) is 60.9. The maximum atomic E-state index is 12.8. The molecule has 78 heavy (non-hydrogen) atoms. The Morgan fingerprint density at radius 2 is 0.692 bits per heavy atom. The smallest absolute Gasteiger partial charge is 0.462 e. The van der Waals surface area contributed by atoms with Crippen LogP contribution in [0, 0.1) is 0 Å². The maximum absolute atomic E-state index is 12.8. The van der Waals surface area contributed by atoms with Gasteiger partial charge in [0.1, 0.15) is 19.8 Å². The van der Waals surface area contributed by atoms with E-state index in [0.29, 0.717) is 23.9 Å². The van der Waals surface area contributed by atoms with Crippen LogP contribution < -0.4 is 0 Å². The highest BCUT2D eigenvalue weighted by Gasteiger charge is 2.27. The lowest BCUT2D eigenvalue weighted by molar-refractivity contribution is -0.870. The molecule has 2 unspecified atom stereocenters. The zero-order chi connectivity index (χ0) is 57.0. The Morgan fingerprint density at radius 1 is 0.397 bits per heavy atom. The number of ether oxygens (including phenoxy) is 2. The number of rotatable bonds is 53. The number of esters is 2. The van der Waals surface area contributed by atoms with Crippen LogP contribution in [0.3, 0.4) is 0 Å². The number of unbranched alkanes of at least 4 members (excludes halogenated alkanes) is 13. The molecule has 2 atom stereocenters. The van der Waals surface area contributed by atoms with Crippen LogP contribution in [0.4, 0.5) is 0 Å². The summed E-state index contributed by atoms with van der Waals surface area (Å²) in [5.74, 6) is -0.862. The second-order valence-corrected chi connectivity index (χ2v) is 22.1. The molecule has 0 amide bonds. The Morgan fingerprint density at radius 3 is 1.05 bits per heavy atom. The molecule has 0 fully saturated rings. The predicted octanol–water partition coefficient (Wildman–Crippen LogP) is 19.3. The second kappa shape index (κ2) is 57.3. The Bertz CT molecular complexity index is 1870. The van der Waals surface area contributed by atoms with Gasteiger partial charge < -0.3 is 18.9 Å². The minimum absolute atomic E-state index is 0.0163. The van der Waals surface area contributed by atoms with Crippen LogP contribution >= 0.6 is 7.82 Å². The standard InChI is InChI=1S/C68H110NO8P/c1-6-8-10-12-14-16-18-20-22-23-24-25-26-27-28-29-30-31-32-33-34-35-36-37-38-39-40-41-42-43-44-45-47-49-51-53-55-57-59-61-68(71)77-66(65-76-78(72,73)75-63-62-69(3,4)5)64-74-67(70)60-58-56-54-52-50-48-46-21-19-17-15-13-11-9-7-2/h8-11,14-17,20-22,24-25,27-28,30-31,33-34,36-37,39-40,46,50,52,66H,6-7,12-13,18-19,23,26,29,32,35,38,41-45,47-49,51,53-65H2,1-5H3/p+1/b10-8-,11-9-,16-14-,17-15-,22-20-,25-24-,28-27-,31-30-,34-33-,37-36-,40-39-,46-21-,52-50-. The van der Waals surface area contributed by atoms with Gasteiger partial charge >= 0.3 is 19.8 Å². The van der Waals surface area contributed by atoms with Crippen molar-refractivity contribution in [1.29, 1.82) is 0 Å². The van der Waals surface area contributed by atoms with Gasteiger partial charge in [-0.1, -0.05) is 230 Å². The molecule has 0 saturated carbocycles. The van der Waals surface area contributed by atoms with Gasteiger partial charge in [0.05, 0.1) is 27.7 Å². The second-order valence-electron chi connectivity index (χ2n) is 20.6. The normalized spacial score (nSPS) is 14.4. The van der Waals surface area contributed by atoms with Crippen molar-refractivity contribution in [2.45, 2.75) is 213 Å². The molecule has 0 rings (SSSR count). The summed E-state index contributed by atoms with van der Waals surface area (Å²) in [6, 6.07) is 0. The van der Waals surface area contributed by atoms with E-state index in [1.54, 1.807) is 0 Å². The van der Waals surface area contributed by atoms with E-state index < -0.39 is 32.5 Å². The summed E-state index contributed by atoms with van der Waals surface area (Å²) in [6.07, 6.45) is 86.2. The molecule has 440 valence electrons. The van der Waals surface area contributed by atoms with Crippen molar-refractivity contribution >= 4 is 19.8 Å². The van der Waals surface area contributed by atoms with Crippen molar-refractivity contribution in [2.75, 3.05) is 47.5 Å². The Hall–Kier alpha value is -4.37. The highest BCUT2D eigenvalue weighted by molar-refractivity contribution is 7.47. The minimum Gasteiger partial charge on any atom is -0.462 e. The lowest BCUT2D eigenvalue weighted by Crippen LogP contribution is -2.37. The third-order valence-corrected chi connectivity index (χ3v) is 13.0. The highest BCUT2D eigenvalue weighted by Crippen LogP contribution is 2.43. The number of phosphoric acid groups is 1. The summed E-state index contributed by atoms with van der Waals surface area (Å²) < 4.78 is 34.5. The number of nitrogens with zero attached hydrogens (tertiary/aromatic N) is 1. The van der Waals surface area contributed by atoms with E-state index in [4.69, 9.17) is 18.5 Å². The van der Waals surface area contributed by atoms with Crippen LogP contribution in [0.5, 0.6) is 0 Å². The van der Waals surface area contributed by atoms with Crippen LogP contribution in [-0.2, 0) is 32.7 Å². The summed E-state index contributed by atoms with van der Waals surface area (Å²) in [6.45, 7) is 4.12. The number of carbonyl (C=O) groups excluding carboxylic acids is 2. The molecule has 0 aliphatic heterocycles. The molecule has 0 spiro atoms. The van der Waals surface area contributed by atoms with Crippen LogP contribution in [0.25, 0.3) is 0 Å². The van der Waals surface area contributed by atoms with Crippen LogP contribution in [0.15, 0.2) is 158 Å². The molecule has 0 aliphatic carbocycles. The first kappa shape index (κ1) is 73.6. The molecular formula is C68H111NO8P+. The third-order valence-electron chi connectivity index (χ3n) is 12.1. The quantitative estimate of drug-likeness (QED) is 0.0211. The van der Waals surface area contributed by atoms with Gasteiger partial charge in [-0.05, 0) is 122 Å². The first-order valence-electron chi connectivity index (χ1n) is 30.2. The first-order valence-corrected chi connectivity index (χ1v) is 31.7. The molecular weight excluding hydrogens is 990 g/mol.